The number of ether oxygens (including phenoxy) is 1. The van der Waals surface area contributed by atoms with Crippen molar-refractivity contribution in [3.8, 4) is 11.8 Å². The van der Waals surface area contributed by atoms with Crippen LogP contribution in [0.4, 0.5) is 18.0 Å². The molecule has 2 amide bonds. The Morgan fingerprint density at radius 3 is 2.66 bits per heavy atom. The SMILES string of the molecule is CNC(=O)S/C(=C/C(F)(F)CF)C(=O)NCCCN1CCC(Oc2ccc(C#N)c(Cl)c2C)CC1. The van der Waals surface area contributed by atoms with Gasteiger partial charge in [-0.1, -0.05) is 11.6 Å². The number of thioether (sulfide) groups is 1. The molecule has 1 aromatic rings. The normalized spacial score (nSPS) is 15.4. The topological polar surface area (TPSA) is 94.5 Å². The summed E-state index contributed by atoms with van der Waals surface area (Å²) in [5.41, 5.74) is 1.14. The number of benzene rings is 1. The van der Waals surface area contributed by atoms with E-state index in [2.05, 4.69) is 15.5 Å². The first-order valence-corrected chi connectivity index (χ1v) is 12.2. The zero-order valence-corrected chi connectivity index (χ0v) is 21.1. The van der Waals surface area contributed by atoms with Crippen LogP contribution in [0.3, 0.4) is 0 Å². The number of carbonyl (C=O) groups excluding carboxylic acids is 2. The van der Waals surface area contributed by atoms with Gasteiger partial charge in [-0.05, 0) is 56.6 Å². The Bertz CT molecular complexity index is 979. The number of hydrogen-bond acceptors (Lipinski definition) is 6. The molecule has 35 heavy (non-hydrogen) atoms. The summed E-state index contributed by atoms with van der Waals surface area (Å²) < 4.78 is 45.3. The van der Waals surface area contributed by atoms with Crippen molar-refractivity contribution in [1.82, 2.24) is 15.5 Å². The Kier molecular flexibility index (Phi) is 11.2. The number of allylic oxidation sites excluding steroid dienone is 1. The molecule has 0 spiro atoms. The van der Waals surface area contributed by atoms with Crippen LogP contribution in [0.25, 0.3) is 0 Å². The maximum absolute atomic E-state index is 13.4. The van der Waals surface area contributed by atoms with Gasteiger partial charge in [0, 0.05) is 38.3 Å². The summed E-state index contributed by atoms with van der Waals surface area (Å²) in [6.45, 7) is 2.30. The number of nitrogens with one attached hydrogen (secondary N) is 2. The molecule has 0 radical (unpaired) electrons. The molecule has 0 saturated carbocycles. The van der Waals surface area contributed by atoms with Gasteiger partial charge in [-0.25, -0.2) is 4.39 Å². The van der Waals surface area contributed by atoms with Gasteiger partial charge in [0.05, 0.1) is 15.5 Å². The zero-order valence-electron chi connectivity index (χ0n) is 19.5. The van der Waals surface area contributed by atoms with Gasteiger partial charge < -0.3 is 20.3 Å². The summed E-state index contributed by atoms with van der Waals surface area (Å²) in [6, 6.07) is 5.44. The second kappa shape index (κ2) is 13.6. The van der Waals surface area contributed by atoms with Crippen molar-refractivity contribution in [3.63, 3.8) is 0 Å². The molecule has 192 valence electrons. The van der Waals surface area contributed by atoms with Gasteiger partial charge in [-0.3, -0.25) is 9.59 Å². The first kappa shape index (κ1) is 28.8. The first-order valence-electron chi connectivity index (χ1n) is 11.0. The molecule has 7 nitrogen and oxygen atoms in total. The average Bonchev–Trinajstić information content (AvgIpc) is 2.85. The molecule has 0 aliphatic carbocycles. The van der Waals surface area contributed by atoms with Gasteiger partial charge in [0.25, 0.3) is 17.1 Å². The standard InChI is InChI=1S/C23H28ClF3N4O3S/c1-15-18(5-4-16(13-28)20(15)24)34-17-6-10-31(11-7-17)9-3-8-30-21(32)19(35-22(33)29-2)12-23(26,27)14-25/h4-5,12,17H,3,6-11,14H2,1-2H3,(H,29,33)(H,30,32)/b19-12+. The fourth-order valence-corrected chi connectivity index (χ4v) is 4.32. The predicted octanol–water partition coefficient (Wildman–Crippen LogP) is 4.43. The van der Waals surface area contributed by atoms with Crippen LogP contribution in [0.1, 0.15) is 30.4 Å². The molecular formula is C23H28ClF3N4O3S. The number of nitrogens with zero attached hydrogens (tertiary/aromatic N) is 2. The van der Waals surface area contributed by atoms with Crippen LogP contribution < -0.4 is 15.4 Å². The Balaban J connectivity index is 1.78. The summed E-state index contributed by atoms with van der Waals surface area (Å²) in [4.78, 5) is 25.4. The minimum atomic E-state index is -3.83. The van der Waals surface area contributed by atoms with Crippen LogP contribution in [0.15, 0.2) is 23.1 Å². The van der Waals surface area contributed by atoms with E-state index in [4.69, 9.17) is 21.6 Å². The van der Waals surface area contributed by atoms with Crippen LogP contribution in [0, 0.1) is 18.3 Å². The lowest BCUT2D eigenvalue weighted by atomic mass is 10.1. The Labute approximate surface area is 212 Å². The number of carbonyl (C=O) groups is 2. The minimum Gasteiger partial charge on any atom is -0.490 e. The molecule has 2 N–H and O–H groups in total. The van der Waals surface area contributed by atoms with Gasteiger partial charge in [0.1, 0.15) is 17.9 Å². The van der Waals surface area contributed by atoms with Crippen molar-refractivity contribution < 1.29 is 27.5 Å². The summed E-state index contributed by atoms with van der Waals surface area (Å²) in [6.07, 6.45) is 2.34. The van der Waals surface area contributed by atoms with Crippen molar-refractivity contribution in [2.75, 3.05) is 39.9 Å². The third-order valence-electron chi connectivity index (χ3n) is 5.37. The minimum absolute atomic E-state index is 0.0141. The summed E-state index contributed by atoms with van der Waals surface area (Å²) in [7, 11) is 1.30. The Morgan fingerprint density at radius 1 is 1.37 bits per heavy atom. The second-order valence-corrected chi connectivity index (χ2v) is 9.37. The molecule has 2 rings (SSSR count). The lowest BCUT2D eigenvalue weighted by molar-refractivity contribution is -0.117. The smallest absolute Gasteiger partial charge is 0.295 e. The number of nitriles is 1. The molecule has 1 aliphatic heterocycles. The maximum atomic E-state index is 13.4. The molecule has 1 aliphatic rings. The number of alkyl halides is 3. The third kappa shape index (κ3) is 8.94. The zero-order chi connectivity index (χ0) is 26.0. The Hall–Kier alpha value is -2.42. The van der Waals surface area contributed by atoms with Crippen LogP contribution in [-0.2, 0) is 4.79 Å². The summed E-state index contributed by atoms with van der Waals surface area (Å²) >= 11 is 6.49. The lowest BCUT2D eigenvalue weighted by Crippen LogP contribution is -2.39. The number of amides is 2. The van der Waals surface area contributed by atoms with E-state index in [0.29, 0.717) is 29.3 Å². The van der Waals surface area contributed by atoms with Crippen molar-refractivity contribution in [2.24, 2.45) is 0 Å². The van der Waals surface area contributed by atoms with E-state index in [1.165, 1.54) is 7.05 Å². The highest BCUT2D eigenvalue weighted by Crippen LogP contribution is 2.31. The molecule has 0 unspecified atom stereocenters. The highest BCUT2D eigenvalue weighted by atomic mass is 35.5. The lowest BCUT2D eigenvalue weighted by Gasteiger charge is -2.32. The molecule has 0 bridgehead atoms. The number of hydrogen-bond donors (Lipinski definition) is 2. The number of piperidine rings is 1. The summed E-state index contributed by atoms with van der Waals surface area (Å²) in [5.74, 6) is -4.02. The maximum Gasteiger partial charge on any atom is 0.295 e. The molecule has 12 heteroatoms. The molecule has 1 fully saturated rings. The largest absolute Gasteiger partial charge is 0.490 e. The van der Waals surface area contributed by atoms with E-state index < -0.39 is 28.6 Å². The van der Waals surface area contributed by atoms with E-state index in [-0.39, 0.29) is 30.5 Å². The van der Waals surface area contributed by atoms with Crippen molar-refractivity contribution in [3.05, 3.63) is 39.3 Å². The predicted molar refractivity (Wildman–Crippen MR) is 130 cm³/mol. The highest BCUT2D eigenvalue weighted by molar-refractivity contribution is 8.17. The fourth-order valence-electron chi connectivity index (χ4n) is 3.43. The first-order chi connectivity index (χ1) is 16.6. The second-order valence-electron chi connectivity index (χ2n) is 7.97. The van der Waals surface area contributed by atoms with E-state index in [0.717, 1.165) is 31.5 Å². The number of likely N-dealkylation sites (tertiary alicyclic amines) is 1. The number of rotatable bonds is 10. The fraction of sp³-hybridized carbons (Fsp3) is 0.522. The Morgan fingerprint density at radius 2 is 2.06 bits per heavy atom. The van der Waals surface area contributed by atoms with Crippen LogP contribution in [-0.4, -0.2) is 68.0 Å². The van der Waals surface area contributed by atoms with Gasteiger partial charge in [0.15, 0.2) is 6.67 Å². The molecule has 1 saturated heterocycles. The highest BCUT2D eigenvalue weighted by Gasteiger charge is 2.29. The van der Waals surface area contributed by atoms with Crippen molar-refractivity contribution in [2.45, 2.75) is 38.2 Å². The van der Waals surface area contributed by atoms with E-state index in [1.807, 2.05) is 13.0 Å². The summed E-state index contributed by atoms with van der Waals surface area (Å²) in [5, 5.41) is 13.5. The van der Waals surface area contributed by atoms with E-state index >= 15 is 0 Å². The molecule has 1 aromatic carbocycles. The van der Waals surface area contributed by atoms with Crippen molar-refractivity contribution >= 4 is 34.5 Å². The van der Waals surface area contributed by atoms with E-state index in [9.17, 15) is 22.8 Å². The molecule has 0 aromatic heterocycles. The average molecular weight is 533 g/mol. The van der Waals surface area contributed by atoms with Crippen LogP contribution >= 0.6 is 23.4 Å². The number of halogens is 4. The van der Waals surface area contributed by atoms with Crippen LogP contribution in [0.2, 0.25) is 5.02 Å². The molecule has 0 atom stereocenters. The van der Waals surface area contributed by atoms with Gasteiger partial charge in [-0.15, -0.1) is 0 Å². The van der Waals surface area contributed by atoms with Gasteiger partial charge in [0.2, 0.25) is 0 Å². The molecule has 1 heterocycles. The van der Waals surface area contributed by atoms with Crippen LogP contribution in [0.5, 0.6) is 5.75 Å². The van der Waals surface area contributed by atoms with Gasteiger partial charge in [-0.2, -0.15) is 14.0 Å². The molecular weight excluding hydrogens is 505 g/mol. The quantitative estimate of drug-likeness (QED) is 0.342. The third-order valence-corrected chi connectivity index (χ3v) is 6.77. The monoisotopic (exact) mass is 532 g/mol. The van der Waals surface area contributed by atoms with Gasteiger partial charge >= 0.3 is 0 Å². The van der Waals surface area contributed by atoms with Crippen molar-refractivity contribution in [1.29, 1.82) is 5.26 Å². The van der Waals surface area contributed by atoms with E-state index in [1.54, 1.807) is 12.1 Å².